The van der Waals surface area contributed by atoms with Crippen LogP contribution in [-0.2, 0) is 4.79 Å². The molecule has 0 aromatic carbocycles. The molecule has 0 radical (unpaired) electrons. The second kappa shape index (κ2) is 7.67. The van der Waals surface area contributed by atoms with Crippen LogP contribution in [0.3, 0.4) is 0 Å². The lowest BCUT2D eigenvalue weighted by molar-refractivity contribution is -0.139. The summed E-state index contributed by atoms with van der Waals surface area (Å²) in [7, 11) is 0. The van der Waals surface area contributed by atoms with Crippen molar-refractivity contribution in [1.82, 2.24) is 10.2 Å². The molecule has 1 aliphatic carbocycles. The van der Waals surface area contributed by atoms with E-state index >= 15 is 0 Å². The van der Waals surface area contributed by atoms with E-state index in [1.807, 2.05) is 6.92 Å². The van der Waals surface area contributed by atoms with Crippen LogP contribution in [0, 0.1) is 12.3 Å². The van der Waals surface area contributed by atoms with E-state index in [9.17, 15) is 9.59 Å². The maximum absolute atomic E-state index is 12.1. The zero-order chi connectivity index (χ0) is 14.3. The van der Waals surface area contributed by atoms with Crippen LogP contribution in [0.5, 0.6) is 0 Å². The molecule has 106 valence electrons. The highest BCUT2D eigenvalue weighted by molar-refractivity contribution is 5.83. The number of amides is 2. The first-order valence-electron chi connectivity index (χ1n) is 6.83. The van der Waals surface area contributed by atoms with Crippen molar-refractivity contribution in [3.63, 3.8) is 0 Å². The zero-order valence-electron chi connectivity index (χ0n) is 11.4. The molecule has 0 spiro atoms. The van der Waals surface area contributed by atoms with Gasteiger partial charge in [0.15, 0.2) is 0 Å². The molecule has 0 aromatic heterocycles. The van der Waals surface area contributed by atoms with Gasteiger partial charge in [-0.15, -0.1) is 12.3 Å². The first kappa shape index (κ1) is 15.4. The van der Waals surface area contributed by atoms with Crippen LogP contribution in [0.1, 0.15) is 45.4 Å². The molecule has 2 N–H and O–H groups in total. The second-order valence-electron chi connectivity index (χ2n) is 4.83. The molecule has 0 bridgehead atoms. The summed E-state index contributed by atoms with van der Waals surface area (Å²) in [6, 6.07) is -1.11. The number of rotatable bonds is 5. The van der Waals surface area contributed by atoms with Gasteiger partial charge in [-0.25, -0.2) is 9.59 Å². The van der Waals surface area contributed by atoms with Gasteiger partial charge in [-0.2, -0.15) is 0 Å². The molecule has 0 aromatic rings. The molecule has 5 heteroatoms. The minimum absolute atomic E-state index is 0.00327. The smallest absolute Gasteiger partial charge is 0.327 e. The van der Waals surface area contributed by atoms with E-state index in [-0.39, 0.29) is 18.5 Å². The molecule has 0 aliphatic heterocycles. The van der Waals surface area contributed by atoms with Crippen molar-refractivity contribution in [1.29, 1.82) is 0 Å². The highest BCUT2D eigenvalue weighted by Gasteiger charge is 2.27. The molecule has 1 aliphatic rings. The lowest BCUT2D eigenvalue weighted by Crippen LogP contribution is -2.51. The summed E-state index contributed by atoms with van der Waals surface area (Å²) in [6.07, 6.45) is 10.6. The topological polar surface area (TPSA) is 69.6 Å². The summed E-state index contributed by atoms with van der Waals surface area (Å²) in [6.45, 7) is 2.49. The average molecular weight is 266 g/mol. The van der Waals surface area contributed by atoms with E-state index in [0.717, 1.165) is 25.7 Å². The van der Waals surface area contributed by atoms with Crippen LogP contribution in [-0.4, -0.2) is 40.6 Å². The SMILES string of the molecule is C#CCC(NC(=O)N(CC)C1CCCCC1)C(=O)O. The molecular formula is C14H22N2O3. The summed E-state index contributed by atoms with van der Waals surface area (Å²) in [4.78, 5) is 24.9. The summed E-state index contributed by atoms with van der Waals surface area (Å²) < 4.78 is 0. The third-order valence-electron chi connectivity index (χ3n) is 3.53. The van der Waals surface area contributed by atoms with Gasteiger partial charge < -0.3 is 15.3 Å². The van der Waals surface area contributed by atoms with Gasteiger partial charge in [0.1, 0.15) is 6.04 Å². The minimum Gasteiger partial charge on any atom is -0.480 e. The normalized spacial score (nSPS) is 17.3. The van der Waals surface area contributed by atoms with Crippen LogP contribution in [0.15, 0.2) is 0 Å². The maximum Gasteiger partial charge on any atom is 0.327 e. The molecule has 1 unspecified atom stereocenters. The van der Waals surface area contributed by atoms with Crippen molar-refractivity contribution in [2.75, 3.05) is 6.54 Å². The maximum atomic E-state index is 12.1. The Bertz CT molecular complexity index is 356. The van der Waals surface area contributed by atoms with E-state index < -0.39 is 12.0 Å². The molecular weight excluding hydrogens is 244 g/mol. The standard InChI is InChI=1S/C14H22N2O3/c1-3-8-12(13(17)18)15-14(19)16(4-2)11-9-6-5-7-10-11/h1,11-12H,4-10H2,2H3,(H,15,19)(H,17,18). The predicted octanol–water partition coefficient (Wildman–Crippen LogP) is 1.83. The van der Waals surface area contributed by atoms with Gasteiger partial charge in [0.05, 0.1) is 0 Å². The molecule has 19 heavy (non-hydrogen) atoms. The minimum atomic E-state index is -1.09. The summed E-state index contributed by atoms with van der Waals surface area (Å²) >= 11 is 0. The lowest BCUT2D eigenvalue weighted by atomic mass is 9.94. The van der Waals surface area contributed by atoms with E-state index in [0.29, 0.717) is 6.54 Å². The average Bonchev–Trinajstić information content (AvgIpc) is 2.40. The molecule has 0 saturated heterocycles. The van der Waals surface area contributed by atoms with Crippen molar-refractivity contribution in [2.24, 2.45) is 0 Å². The fourth-order valence-electron chi connectivity index (χ4n) is 2.51. The number of aliphatic carboxylic acids is 1. The number of carbonyl (C=O) groups is 2. The van der Waals surface area contributed by atoms with Gasteiger partial charge >= 0.3 is 12.0 Å². The van der Waals surface area contributed by atoms with Crippen LogP contribution in [0.25, 0.3) is 0 Å². The number of terminal acetylenes is 1. The Hall–Kier alpha value is -1.70. The van der Waals surface area contributed by atoms with Crippen LogP contribution >= 0.6 is 0 Å². The Balaban J connectivity index is 2.62. The monoisotopic (exact) mass is 266 g/mol. The third-order valence-corrected chi connectivity index (χ3v) is 3.53. The molecule has 2 amide bonds. The number of urea groups is 1. The van der Waals surface area contributed by atoms with Gasteiger partial charge in [-0.3, -0.25) is 0 Å². The number of nitrogens with one attached hydrogen (secondary N) is 1. The number of hydrogen-bond acceptors (Lipinski definition) is 2. The van der Waals surface area contributed by atoms with E-state index in [1.54, 1.807) is 4.90 Å². The number of nitrogens with zero attached hydrogens (tertiary/aromatic N) is 1. The number of carboxylic acid groups (broad SMARTS) is 1. The number of hydrogen-bond donors (Lipinski definition) is 2. The Morgan fingerprint density at radius 1 is 1.42 bits per heavy atom. The summed E-state index contributed by atoms with van der Waals surface area (Å²) in [5.74, 6) is 1.19. The molecule has 5 nitrogen and oxygen atoms in total. The Labute approximate surface area is 114 Å². The highest BCUT2D eigenvalue weighted by Crippen LogP contribution is 2.22. The Morgan fingerprint density at radius 2 is 2.05 bits per heavy atom. The summed E-state index contributed by atoms with van der Waals surface area (Å²) in [5, 5.41) is 11.5. The van der Waals surface area contributed by atoms with Crippen molar-refractivity contribution in [3.8, 4) is 12.3 Å². The Kier molecular flexibility index (Phi) is 6.20. The molecule has 1 atom stereocenters. The van der Waals surface area contributed by atoms with Crippen LogP contribution < -0.4 is 5.32 Å². The lowest BCUT2D eigenvalue weighted by Gasteiger charge is -2.34. The number of carboxylic acids is 1. The largest absolute Gasteiger partial charge is 0.480 e. The molecule has 1 saturated carbocycles. The first-order chi connectivity index (χ1) is 9.10. The van der Waals surface area contributed by atoms with Gasteiger partial charge in [0.25, 0.3) is 0 Å². The van der Waals surface area contributed by atoms with Crippen molar-refractivity contribution >= 4 is 12.0 Å². The summed E-state index contributed by atoms with van der Waals surface area (Å²) in [5.41, 5.74) is 0. The first-order valence-corrected chi connectivity index (χ1v) is 6.83. The number of carbonyl (C=O) groups excluding carboxylic acids is 1. The fourth-order valence-corrected chi connectivity index (χ4v) is 2.51. The van der Waals surface area contributed by atoms with Crippen molar-refractivity contribution in [3.05, 3.63) is 0 Å². The van der Waals surface area contributed by atoms with Gasteiger partial charge in [0, 0.05) is 19.0 Å². The van der Waals surface area contributed by atoms with Crippen molar-refractivity contribution in [2.45, 2.75) is 57.5 Å². The predicted molar refractivity (Wildman–Crippen MR) is 72.7 cm³/mol. The molecule has 1 fully saturated rings. The Morgan fingerprint density at radius 3 is 2.53 bits per heavy atom. The van der Waals surface area contributed by atoms with Crippen LogP contribution in [0.4, 0.5) is 4.79 Å². The quantitative estimate of drug-likeness (QED) is 0.746. The van der Waals surface area contributed by atoms with E-state index in [4.69, 9.17) is 11.5 Å². The van der Waals surface area contributed by atoms with E-state index in [2.05, 4.69) is 11.2 Å². The van der Waals surface area contributed by atoms with Crippen LogP contribution in [0.2, 0.25) is 0 Å². The van der Waals surface area contributed by atoms with Gasteiger partial charge in [-0.1, -0.05) is 19.3 Å². The zero-order valence-corrected chi connectivity index (χ0v) is 11.4. The highest BCUT2D eigenvalue weighted by atomic mass is 16.4. The fraction of sp³-hybridized carbons (Fsp3) is 0.714. The molecule has 0 heterocycles. The third kappa shape index (κ3) is 4.47. The van der Waals surface area contributed by atoms with Gasteiger partial charge in [0.2, 0.25) is 0 Å². The van der Waals surface area contributed by atoms with Gasteiger partial charge in [-0.05, 0) is 19.8 Å². The second-order valence-corrected chi connectivity index (χ2v) is 4.83. The van der Waals surface area contributed by atoms with E-state index in [1.165, 1.54) is 6.42 Å². The van der Waals surface area contributed by atoms with Crippen molar-refractivity contribution < 1.29 is 14.7 Å². The molecule has 1 rings (SSSR count).